The van der Waals surface area contributed by atoms with Crippen LogP contribution >= 0.6 is 0 Å². The predicted octanol–water partition coefficient (Wildman–Crippen LogP) is 1.51. The molecule has 94 valence electrons. The van der Waals surface area contributed by atoms with Crippen LogP contribution in [-0.4, -0.2) is 48.5 Å². The van der Waals surface area contributed by atoms with Crippen LogP contribution in [0.2, 0.25) is 0 Å². The number of likely N-dealkylation sites (N-methyl/N-ethyl adjacent to an activating group) is 1. The molecule has 0 amide bonds. The third-order valence-corrected chi connectivity index (χ3v) is 4.00. The summed E-state index contributed by atoms with van der Waals surface area (Å²) in [6, 6.07) is 0. The number of nitrogens with zero attached hydrogens (tertiary/aromatic N) is 1. The Labute approximate surface area is 98.8 Å². The van der Waals surface area contributed by atoms with Crippen molar-refractivity contribution in [2.75, 3.05) is 32.8 Å². The molecule has 0 spiro atoms. The largest absolute Gasteiger partial charge is 0.396 e. The van der Waals surface area contributed by atoms with Gasteiger partial charge in [0.15, 0.2) is 0 Å². The van der Waals surface area contributed by atoms with Crippen molar-refractivity contribution in [1.82, 2.24) is 4.90 Å². The zero-order chi connectivity index (χ0) is 11.8. The number of rotatable bonds is 6. The number of hydrogen-bond donors (Lipinski definition) is 1. The molecule has 0 aromatic carbocycles. The first kappa shape index (κ1) is 12.3. The molecule has 0 aromatic heterocycles. The van der Waals surface area contributed by atoms with E-state index in [0.29, 0.717) is 12.5 Å². The Morgan fingerprint density at radius 1 is 1.38 bits per heavy atom. The molecule has 2 bridgehead atoms. The van der Waals surface area contributed by atoms with Crippen molar-refractivity contribution in [3.63, 3.8) is 0 Å². The van der Waals surface area contributed by atoms with Crippen molar-refractivity contribution in [3.05, 3.63) is 0 Å². The van der Waals surface area contributed by atoms with Gasteiger partial charge in [0.1, 0.15) is 0 Å². The van der Waals surface area contributed by atoms with Crippen molar-refractivity contribution in [2.24, 2.45) is 11.3 Å². The second kappa shape index (κ2) is 4.28. The summed E-state index contributed by atoms with van der Waals surface area (Å²) >= 11 is 0. The summed E-state index contributed by atoms with van der Waals surface area (Å²) in [4.78, 5) is 2.48. The molecule has 0 unspecified atom stereocenters. The normalized spacial score (nSPS) is 37.1. The van der Waals surface area contributed by atoms with Gasteiger partial charge in [0.05, 0.1) is 18.8 Å². The lowest BCUT2D eigenvalue weighted by Gasteiger charge is -2.46. The van der Waals surface area contributed by atoms with Crippen molar-refractivity contribution in [3.8, 4) is 0 Å². The summed E-state index contributed by atoms with van der Waals surface area (Å²) < 4.78 is 5.92. The summed E-state index contributed by atoms with van der Waals surface area (Å²) in [5.41, 5.74) is 0.199. The number of fused-ring (bicyclic) bond motifs is 1. The average molecular weight is 227 g/mol. The molecule has 16 heavy (non-hydrogen) atoms. The molecular formula is C13H25NO2. The van der Waals surface area contributed by atoms with Gasteiger partial charge >= 0.3 is 0 Å². The lowest BCUT2D eigenvalue weighted by atomic mass is 9.63. The van der Waals surface area contributed by atoms with Gasteiger partial charge in [-0.15, -0.1) is 0 Å². The van der Waals surface area contributed by atoms with E-state index in [1.165, 1.54) is 0 Å². The van der Waals surface area contributed by atoms with E-state index in [4.69, 9.17) is 4.74 Å². The second-order valence-electron chi connectivity index (χ2n) is 6.20. The monoisotopic (exact) mass is 227 g/mol. The van der Waals surface area contributed by atoms with Gasteiger partial charge in [0, 0.05) is 18.5 Å². The van der Waals surface area contributed by atoms with Crippen LogP contribution in [0.15, 0.2) is 0 Å². The first-order chi connectivity index (χ1) is 7.53. The highest BCUT2D eigenvalue weighted by Crippen LogP contribution is 2.57. The molecule has 3 rings (SSSR count). The number of ether oxygens (including phenoxy) is 1. The second-order valence-corrected chi connectivity index (χ2v) is 6.20. The fraction of sp³-hybridized carbons (Fsp3) is 1.00. The molecule has 0 atom stereocenters. The fourth-order valence-electron chi connectivity index (χ4n) is 3.37. The van der Waals surface area contributed by atoms with Crippen LogP contribution in [-0.2, 0) is 4.74 Å². The fourth-order valence-corrected chi connectivity index (χ4v) is 3.37. The van der Waals surface area contributed by atoms with Gasteiger partial charge in [-0.2, -0.15) is 0 Å². The molecule has 3 fully saturated rings. The summed E-state index contributed by atoms with van der Waals surface area (Å²) in [5.74, 6) is 0.709. The molecule has 2 aliphatic heterocycles. The third-order valence-electron chi connectivity index (χ3n) is 4.00. The van der Waals surface area contributed by atoms with Crippen molar-refractivity contribution >= 4 is 0 Å². The number of aliphatic hydroxyl groups excluding tert-OH is 1. The van der Waals surface area contributed by atoms with Crippen LogP contribution in [0.25, 0.3) is 0 Å². The molecule has 3 heteroatoms. The SMILES string of the molecule is CCN(CC(C)C)CC12CC(CO)(CO1)C2. The smallest absolute Gasteiger partial charge is 0.0823 e. The Kier molecular flexibility index (Phi) is 3.30. The highest BCUT2D eigenvalue weighted by molar-refractivity contribution is 5.12. The maximum atomic E-state index is 9.32. The molecule has 3 nitrogen and oxygen atoms in total. The van der Waals surface area contributed by atoms with Crippen LogP contribution in [0.5, 0.6) is 0 Å². The Morgan fingerprint density at radius 3 is 2.50 bits per heavy atom. The molecule has 0 radical (unpaired) electrons. The average Bonchev–Trinajstić information content (AvgIpc) is 2.71. The van der Waals surface area contributed by atoms with Gasteiger partial charge in [-0.3, -0.25) is 0 Å². The standard InChI is InChI=1S/C13H25NO2/c1-4-14(5-11(2)3)8-13-6-12(7-13,9-15)10-16-13/h11,15H,4-10H2,1-3H3. The molecular weight excluding hydrogens is 202 g/mol. The Balaban J connectivity index is 1.86. The summed E-state index contributed by atoms with van der Waals surface area (Å²) in [5, 5.41) is 9.32. The van der Waals surface area contributed by atoms with E-state index in [1.807, 2.05) is 0 Å². The Morgan fingerprint density at radius 2 is 2.06 bits per heavy atom. The van der Waals surface area contributed by atoms with Crippen molar-refractivity contribution in [1.29, 1.82) is 0 Å². The molecule has 1 N–H and O–H groups in total. The lowest BCUT2D eigenvalue weighted by molar-refractivity contribution is -0.0531. The summed E-state index contributed by atoms with van der Waals surface area (Å²) in [7, 11) is 0. The lowest BCUT2D eigenvalue weighted by Crippen LogP contribution is -2.53. The molecule has 1 aliphatic carbocycles. The topological polar surface area (TPSA) is 32.7 Å². The summed E-state index contributed by atoms with van der Waals surface area (Å²) in [6.07, 6.45) is 2.12. The van der Waals surface area contributed by atoms with Gasteiger partial charge < -0.3 is 14.7 Å². The van der Waals surface area contributed by atoms with Crippen molar-refractivity contribution in [2.45, 2.75) is 39.2 Å². The third kappa shape index (κ3) is 2.13. The van der Waals surface area contributed by atoms with E-state index in [0.717, 1.165) is 39.1 Å². The molecule has 0 aromatic rings. The Hall–Kier alpha value is -0.120. The van der Waals surface area contributed by atoms with Crippen LogP contribution in [0.3, 0.4) is 0 Å². The van der Waals surface area contributed by atoms with Gasteiger partial charge in [0.25, 0.3) is 0 Å². The maximum absolute atomic E-state index is 9.32. The van der Waals surface area contributed by atoms with E-state index in [2.05, 4.69) is 25.7 Å². The first-order valence-electron chi connectivity index (χ1n) is 6.50. The molecule has 2 saturated heterocycles. The highest BCUT2D eigenvalue weighted by atomic mass is 16.5. The number of aliphatic hydroxyl groups is 1. The van der Waals surface area contributed by atoms with Crippen molar-refractivity contribution < 1.29 is 9.84 Å². The summed E-state index contributed by atoms with van der Waals surface area (Å²) in [6.45, 7) is 11.1. The first-order valence-corrected chi connectivity index (χ1v) is 6.50. The van der Waals surface area contributed by atoms with E-state index < -0.39 is 0 Å². The molecule has 3 aliphatic rings. The van der Waals surface area contributed by atoms with Crippen LogP contribution in [0.1, 0.15) is 33.6 Å². The van der Waals surface area contributed by atoms with E-state index in [9.17, 15) is 5.11 Å². The zero-order valence-corrected chi connectivity index (χ0v) is 10.8. The minimum absolute atomic E-state index is 0.0770. The molecule has 1 saturated carbocycles. The van der Waals surface area contributed by atoms with E-state index in [-0.39, 0.29) is 11.0 Å². The van der Waals surface area contributed by atoms with Crippen LogP contribution in [0, 0.1) is 11.3 Å². The minimum Gasteiger partial charge on any atom is -0.396 e. The van der Waals surface area contributed by atoms with Gasteiger partial charge in [-0.25, -0.2) is 0 Å². The number of hydrogen-bond acceptors (Lipinski definition) is 3. The van der Waals surface area contributed by atoms with E-state index >= 15 is 0 Å². The minimum atomic E-state index is 0.0770. The van der Waals surface area contributed by atoms with Crippen LogP contribution < -0.4 is 0 Å². The van der Waals surface area contributed by atoms with Gasteiger partial charge in [-0.05, 0) is 25.3 Å². The maximum Gasteiger partial charge on any atom is 0.0823 e. The van der Waals surface area contributed by atoms with Gasteiger partial charge in [0.2, 0.25) is 0 Å². The Bertz CT molecular complexity index is 246. The van der Waals surface area contributed by atoms with E-state index in [1.54, 1.807) is 0 Å². The molecule has 2 heterocycles. The van der Waals surface area contributed by atoms with Crippen LogP contribution in [0.4, 0.5) is 0 Å². The highest BCUT2D eigenvalue weighted by Gasteiger charge is 2.62. The quantitative estimate of drug-likeness (QED) is 0.746. The zero-order valence-electron chi connectivity index (χ0n) is 10.8. The van der Waals surface area contributed by atoms with Gasteiger partial charge in [-0.1, -0.05) is 20.8 Å². The predicted molar refractivity (Wildman–Crippen MR) is 64.4 cm³/mol.